The Morgan fingerprint density at radius 2 is 1.76 bits per heavy atom. The molecule has 5 heteroatoms. The van der Waals surface area contributed by atoms with E-state index < -0.39 is 0 Å². The number of fused-ring (bicyclic) bond motifs is 2. The van der Waals surface area contributed by atoms with Crippen LogP contribution in [0.3, 0.4) is 0 Å². The zero-order valence-electron chi connectivity index (χ0n) is 16.4. The number of anilines is 3. The lowest BCUT2D eigenvalue weighted by Gasteiger charge is -2.32. The van der Waals surface area contributed by atoms with Crippen molar-refractivity contribution < 1.29 is 0 Å². The lowest BCUT2D eigenvalue weighted by molar-refractivity contribution is 0.857. The summed E-state index contributed by atoms with van der Waals surface area (Å²) in [5, 5.41) is 7.67. The van der Waals surface area contributed by atoms with Crippen LogP contribution in [0.15, 0.2) is 87.7 Å². The zero-order valence-corrected chi connectivity index (χ0v) is 18.0. The van der Waals surface area contributed by atoms with Crippen LogP contribution in [0.1, 0.15) is 12.5 Å². The summed E-state index contributed by atoms with van der Waals surface area (Å²) >= 11 is 3.85. The van der Waals surface area contributed by atoms with Crippen molar-refractivity contribution in [2.75, 3.05) is 28.8 Å². The van der Waals surface area contributed by atoms with Crippen LogP contribution in [0, 0.1) is 0 Å². The molecule has 3 nitrogen and oxygen atoms in total. The summed E-state index contributed by atoms with van der Waals surface area (Å²) in [6.07, 6.45) is 2.00. The Morgan fingerprint density at radius 1 is 1.00 bits per heavy atom. The predicted molar refractivity (Wildman–Crippen MR) is 127 cm³/mol. The van der Waals surface area contributed by atoms with Crippen molar-refractivity contribution in [3.63, 3.8) is 0 Å². The van der Waals surface area contributed by atoms with Gasteiger partial charge in [-0.15, -0.1) is 0 Å². The molecule has 0 aliphatic carbocycles. The third-order valence-corrected chi connectivity index (χ3v) is 7.21. The Balaban J connectivity index is 1.42. The van der Waals surface area contributed by atoms with Crippen LogP contribution in [0.2, 0.25) is 0 Å². The molecule has 5 rings (SSSR count). The minimum Gasteiger partial charge on any atom is -0.340 e. The number of para-hydroxylation sites is 2. The topological polar surface area (TPSA) is 18.8 Å². The van der Waals surface area contributed by atoms with Gasteiger partial charge in [-0.1, -0.05) is 48.2 Å². The van der Waals surface area contributed by atoms with Crippen LogP contribution >= 0.6 is 23.5 Å². The summed E-state index contributed by atoms with van der Waals surface area (Å²) in [6, 6.07) is 25.8. The SMILES string of the molecule is CCN1c2ccccc2Sc2cc(/C=N/N(CC3CS3)c3ccccc3)ccc21. The van der Waals surface area contributed by atoms with Gasteiger partial charge in [0.2, 0.25) is 0 Å². The average molecular weight is 418 g/mol. The predicted octanol–water partition coefficient (Wildman–Crippen LogP) is 6.27. The second-order valence-electron chi connectivity index (χ2n) is 7.16. The van der Waals surface area contributed by atoms with E-state index in [9.17, 15) is 0 Å². The summed E-state index contributed by atoms with van der Waals surface area (Å²) in [5.41, 5.74) is 4.86. The highest BCUT2D eigenvalue weighted by atomic mass is 32.2. The van der Waals surface area contributed by atoms with Crippen LogP contribution < -0.4 is 9.91 Å². The van der Waals surface area contributed by atoms with Crippen molar-refractivity contribution in [3.05, 3.63) is 78.4 Å². The lowest BCUT2D eigenvalue weighted by Crippen LogP contribution is -2.21. The van der Waals surface area contributed by atoms with Crippen LogP contribution in [0.4, 0.5) is 17.1 Å². The molecule has 3 aromatic carbocycles. The third-order valence-electron chi connectivity index (χ3n) is 5.15. The highest BCUT2D eigenvalue weighted by Gasteiger charge is 2.25. The van der Waals surface area contributed by atoms with Gasteiger partial charge in [0.1, 0.15) is 0 Å². The molecule has 0 saturated carbocycles. The zero-order chi connectivity index (χ0) is 19.6. The first-order valence-electron chi connectivity index (χ1n) is 9.98. The van der Waals surface area contributed by atoms with Crippen LogP contribution in [0.5, 0.6) is 0 Å². The Morgan fingerprint density at radius 3 is 2.55 bits per heavy atom. The first-order valence-corrected chi connectivity index (χ1v) is 11.8. The normalized spacial score (nSPS) is 17.1. The van der Waals surface area contributed by atoms with Crippen molar-refractivity contribution in [2.45, 2.75) is 22.0 Å². The molecule has 146 valence electrons. The van der Waals surface area contributed by atoms with E-state index in [0.717, 1.165) is 24.3 Å². The molecule has 1 saturated heterocycles. The summed E-state index contributed by atoms with van der Waals surface area (Å²) in [6.45, 7) is 4.13. The number of benzene rings is 3. The van der Waals surface area contributed by atoms with Gasteiger partial charge >= 0.3 is 0 Å². The fourth-order valence-corrected chi connectivity index (χ4v) is 5.23. The molecule has 1 unspecified atom stereocenters. The standard InChI is InChI=1S/C24H23N3S2/c1-2-26-21-10-6-7-11-23(21)29-24-14-18(12-13-22(24)26)15-25-27(16-20-17-28-20)19-8-4-3-5-9-19/h3-15,20H,2,16-17H2,1H3/b25-15+. The van der Waals surface area contributed by atoms with E-state index in [1.165, 1.54) is 26.9 Å². The maximum atomic E-state index is 4.85. The van der Waals surface area contributed by atoms with E-state index >= 15 is 0 Å². The van der Waals surface area contributed by atoms with Crippen LogP contribution in [0.25, 0.3) is 0 Å². The number of nitrogens with zero attached hydrogens (tertiary/aromatic N) is 3. The van der Waals surface area contributed by atoms with Crippen molar-refractivity contribution in [1.82, 2.24) is 0 Å². The quantitative estimate of drug-likeness (QED) is 0.267. The summed E-state index contributed by atoms with van der Waals surface area (Å²) in [4.78, 5) is 4.99. The van der Waals surface area contributed by atoms with E-state index in [-0.39, 0.29) is 0 Å². The molecule has 2 heterocycles. The summed E-state index contributed by atoms with van der Waals surface area (Å²) in [5.74, 6) is 1.24. The largest absolute Gasteiger partial charge is 0.340 e. The number of rotatable bonds is 6. The number of thioether (sulfide) groups is 1. The first-order chi connectivity index (χ1) is 14.3. The monoisotopic (exact) mass is 417 g/mol. The van der Waals surface area contributed by atoms with Gasteiger partial charge < -0.3 is 4.90 Å². The summed E-state index contributed by atoms with van der Waals surface area (Å²) < 4.78 is 0. The highest BCUT2D eigenvalue weighted by Crippen LogP contribution is 2.48. The average Bonchev–Trinajstić information content (AvgIpc) is 3.59. The van der Waals surface area contributed by atoms with E-state index in [2.05, 4.69) is 89.6 Å². The fourth-order valence-electron chi connectivity index (χ4n) is 3.59. The number of hydrogen-bond donors (Lipinski definition) is 0. The highest BCUT2D eigenvalue weighted by molar-refractivity contribution is 8.06. The fraction of sp³-hybridized carbons (Fsp3) is 0.208. The van der Waals surface area contributed by atoms with Gasteiger partial charge in [0.05, 0.1) is 29.8 Å². The smallest absolute Gasteiger partial charge is 0.0594 e. The molecule has 0 bridgehead atoms. The maximum absolute atomic E-state index is 4.85. The van der Waals surface area contributed by atoms with Crippen molar-refractivity contribution in [2.24, 2.45) is 5.10 Å². The van der Waals surface area contributed by atoms with Crippen LogP contribution in [-0.4, -0.2) is 30.3 Å². The molecule has 0 radical (unpaired) electrons. The van der Waals surface area contributed by atoms with E-state index in [1.807, 2.05) is 29.7 Å². The Bertz CT molecular complexity index is 1030. The second-order valence-corrected chi connectivity index (χ2v) is 9.58. The molecule has 0 spiro atoms. The lowest BCUT2D eigenvalue weighted by atomic mass is 10.1. The molecule has 1 atom stereocenters. The molecule has 0 N–H and O–H groups in total. The number of hydrazone groups is 1. The Labute approximate surface area is 180 Å². The Kier molecular flexibility index (Phi) is 5.25. The van der Waals surface area contributed by atoms with Crippen molar-refractivity contribution in [1.29, 1.82) is 0 Å². The Hall–Kier alpha value is -2.37. The third kappa shape index (κ3) is 4.02. The van der Waals surface area contributed by atoms with E-state index in [1.54, 1.807) is 0 Å². The molecular weight excluding hydrogens is 394 g/mol. The molecular formula is C24H23N3S2. The van der Waals surface area contributed by atoms with Gasteiger partial charge in [-0.25, -0.2) is 0 Å². The molecule has 2 aliphatic rings. The van der Waals surface area contributed by atoms with E-state index in [0.29, 0.717) is 5.25 Å². The molecule has 0 aromatic heterocycles. The van der Waals surface area contributed by atoms with Gasteiger partial charge in [0.15, 0.2) is 0 Å². The molecule has 2 aliphatic heterocycles. The van der Waals surface area contributed by atoms with Gasteiger partial charge in [-0.05, 0) is 48.9 Å². The van der Waals surface area contributed by atoms with Gasteiger partial charge in [0.25, 0.3) is 0 Å². The maximum Gasteiger partial charge on any atom is 0.0594 e. The minimum absolute atomic E-state index is 0.695. The molecule has 1 fully saturated rings. The van der Waals surface area contributed by atoms with E-state index in [4.69, 9.17) is 5.10 Å². The first kappa shape index (κ1) is 18.6. The van der Waals surface area contributed by atoms with Crippen molar-refractivity contribution >= 4 is 46.8 Å². The minimum atomic E-state index is 0.695. The van der Waals surface area contributed by atoms with Gasteiger partial charge in [-0.2, -0.15) is 16.9 Å². The summed E-state index contributed by atoms with van der Waals surface area (Å²) in [7, 11) is 0. The molecule has 3 aromatic rings. The number of hydrogen-bond acceptors (Lipinski definition) is 5. The van der Waals surface area contributed by atoms with Gasteiger partial charge in [-0.3, -0.25) is 5.01 Å². The van der Waals surface area contributed by atoms with Crippen molar-refractivity contribution in [3.8, 4) is 0 Å². The second kappa shape index (κ2) is 8.17. The van der Waals surface area contributed by atoms with Gasteiger partial charge in [0, 0.05) is 27.3 Å². The molecule has 0 amide bonds. The molecule has 29 heavy (non-hydrogen) atoms. The van der Waals surface area contributed by atoms with Crippen LogP contribution in [-0.2, 0) is 0 Å².